The maximum absolute atomic E-state index is 12.0. The van der Waals surface area contributed by atoms with Crippen LogP contribution < -0.4 is 10.6 Å². The van der Waals surface area contributed by atoms with Crippen molar-refractivity contribution in [3.63, 3.8) is 0 Å². The third-order valence-electron chi connectivity index (χ3n) is 3.26. The Morgan fingerprint density at radius 1 is 1.25 bits per heavy atom. The summed E-state index contributed by atoms with van der Waals surface area (Å²) in [6, 6.07) is 7.73. The molecule has 1 fully saturated rings. The number of carboxylic acids is 1. The van der Waals surface area contributed by atoms with Crippen LogP contribution in [0.2, 0.25) is 0 Å². The van der Waals surface area contributed by atoms with Crippen LogP contribution in [-0.2, 0) is 9.59 Å². The van der Waals surface area contributed by atoms with Gasteiger partial charge >= 0.3 is 5.97 Å². The number of aliphatic carboxylic acids is 1. The first kappa shape index (κ1) is 14.5. The molecule has 1 unspecified atom stereocenters. The molecule has 0 radical (unpaired) electrons. The predicted octanol–water partition coefficient (Wildman–Crippen LogP) is -0.166. The minimum Gasteiger partial charge on any atom is -0.479 e. The first-order chi connectivity index (χ1) is 9.66. The highest BCUT2D eigenvalue weighted by molar-refractivity contribution is 5.85. The second-order valence-corrected chi connectivity index (χ2v) is 4.78. The molecule has 6 nitrogen and oxygen atoms in total. The standard InChI is InChI=1S/C14H19N3O3/c18-12(10-17-8-6-15-7-9-17)16-13(14(19)20)11-4-2-1-3-5-11/h1-5,13,15H,6-10H2,(H,16,18)(H,19,20). The van der Waals surface area contributed by atoms with E-state index in [1.165, 1.54) is 0 Å². The Hall–Kier alpha value is -1.92. The van der Waals surface area contributed by atoms with Crippen LogP contribution in [-0.4, -0.2) is 54.6 Å². The zero-order valence-corrected chi connectivity index (χ0v) is 11.2. The van der Waals surface area contributed by atoms with E-state index in [9.17, 15) is 14.7 Å². The smallest absolute Gasteiger partial charge is 0.330 e. The van der Waals surface area contributed by atoms with Crippen molar-refractivity contribution in [2.24, 2.45) is 0 Å². The van der Waals surface area contributed by atoms with Crippen LogP contribution in [0, 0.1) is 0 Å². The van der Waals surface area contributed by atoms with Crippen LogP contribution in [0.3, 0.4) is 0 Å². The zero-order chi connectivity index (χ0) is 14.4. The Bertz CT molecular complexity index is 458. The van der Waals surface area contributed by atoms with Crippen LogP contribution in [0.4, 0.5) is 0 Å². The van der Waals surface area contributed by atoms with Gasteiger partial charge in [-0.2, -0.15) is 0 Å². The van der Waals surface area contributed by atoms with E-state index in [0.29, 0.717) is 5.56 Å². The quantitative estimate of drug-likeness (QED) is 0.696. The summed E-state index contributed by atoms with van der Waals surface area (Å²) in [5.74, 6) is -1.31. The van der Waals surface area contributed by atoms with Gasteiger partial charge in [-0.25, -0.2) is 4.79 Å². The van der Waals surface area contributed by atoms with E-state index in [1.54, 1.807) is 24.3 Å². The fourth-order valence-corrected chi connectivity index (χ4v) is 2.21. The summed E-state index contributed by atoms with van der Waals surface area (Å²) in [6.07, 6.45) is 0. The molecule has 108 valence electrons. The van der Waals surface area contributed by atoms with E-state index >= 15 is 0 Å². The highest BCUT2D eigenvalue weighted by Gasteiger charge is 2.23. The number of hydrogen-bond donors (Lipinski definition) is 3. The van der Waals surface area contributed by atoms with Gasteiger partial charge in [-0.15, -0.1) is 0 Å². The van der Waals surface area contributed by atoms with E-state index in [-0.39, 0.29) is 12.5 Å². The average molecular weight is 277 g/mol. The SMILES string of the molecule is O=C(CN1CCNCC1)NC(C(=O)O)c1ccccc1. The molecule has 1 amide bonds. The van der Waals surface area contributed by atoms with Gasteiger partial charge in [0, 0.05) is 26.2 Å². The highest BCUT2D eigenvalue weighted by atomic mass is 16.4. The Kier molecular flexibility index (Phi) is 5.09. The van der Waals surface area contributed by atoms with Crippen molar-refractivity contribution in [2.45, 2.75) is 6.04 Å². The summed E-state index contributed by atoms with van der Waals surface area (Å²) in [7, 11) is 0. The van der Waals surface area contributed by atoms with Crippen LogP contribution in [0.1, 0.15) is 11.6 Å². The average Bonchev–Trinajstić information content (AvgIpc) is 2.46. The lowest BCUT2D eigenvalue weighted by Crippen LogP contribution is -2.48. The summed E-state index contributed by atoms with van der Waals surface area (Å²) in [4.78, 5) is 25.3. The Morgan fingerprint density at radius 3 is 2.50 bits per heavy atom. The zero-order valence-electron chi connectivity index (χ0n) is 11.2. The van der Waals surface area contributed by atoms with Gasteiger partial charge in [-0.05, 0) is 5.56 Å². The number of carbonyl (C=O) groups is 2. The molecule has 1 saturated heterocycles. The van der Waals surface area contributed by atoms with Gasteiger partial charge in [0.25, 0.3) is 0 Å². The van der Waals surface area contributed by atoms with Crippen molar-refractivity contribution in [3.8, 4) is 0 Å². The van der Waals surface area contributed by atoms with Crippen molar-refractivity contribution < 1.29 is 14.7 Å². The van der Waals surface area contributed by atoms with Crippen molar-refractivity contribution in [1.82, 2.24) is 15.5 Å². The molecule has 0 aromatic heterocycles. The molecule has 1 aliphatic rings. The molecular formula is C14H19N3O3. The third kappa shape index (κ3) is 4.04. The molecule has 3 N–H and O–H groups in total. The Morgan fingerprint density at radius 2 is 1.90 bits per heavy atom. The normalized spacial score (nSPS) is 17.4. The lowest BCUT2D eigenvalue weighted by molar-refractivity contribution is -0.142. The highest BCUT2D eigenvalue weighted by Crippen LogP contribution is 2.12. The van der Waals surface area contributed by atoms with Gasteiger partial charge in [0.15, 0.2) is 6.04 Å². The first-order valence-corrected chi connectivity index (χ1v) is 6.67. The van der Waals surface area contributed by atoms with E-state index in [1.807, 2.05) is 11.0 Å². The van der Waals surface area contributed by atoms with Crippen molar-refractivity contribution in [1.29, 1.82) is 0 Å². The minimum absolute atomic E-state index is 0.234. The second-order valence-electron chi connectivity index (χ2n) is 4.78. The summed E-state index contributed by atoms with van der Waals surface area (Å²) in [5, 5.41) is 15.0. The van der Waals surface area contributed by atoms with Gasteiger partial charge in [0.05, 0.1) is 6.54 Å². The van der Waals surface area contributed by atoms with Crippen LogP contribution in [0.15, 0.2) is 30.3 Å². The van der Waals surface area contributed by atoms with Gasteiger partial charge in [0.1, 0.15) is 0 Å². The molecule has 6 heteroatoms. The first-order valence-electron chi connectivity index (χ1n) is 6.67. The summed E-state index contributed by atoms with van der Waals surface area (Å²) < 4.78 is 0. The van der Waals surface area contributed by atoms with Gasteiger partial charge in [0.2, 0.25) is 5.91 Å². The number of nitrogens with one attached hydrogen (secondary N) is 2. The predicted molar refractivity (Wildman–Crippen MR) is 74.3 cm³/mol. The van der Waals surface area contributed by atoms with Crippen LogP contribution in [0.5, 0.6) is 0 Å². The number of rotatable bonds is 5. The molecule has 1 aromatic carbocycles. The molecule has 1 heterocycles. The van der Waals surface area contributed by atoms with E-state index in [0.717, 1.165) is 26.2 Å². The van der Waals surface area contributed by atoms with Crippen molar-refractivity contribution in [2.75, 3.05) is 32.7 Å². The number of nitrogens with zero attached hydrogens (tertiary/aromatic N) is 1. The third-order valence-corrected chi connectivity index (χ3v) is 3.26. The maximum Gasteiger partial charge on any atom is 0.330 e. The van der Waals surface area contributed by atoms with Crippen molar-refractivity contribution >= 4 is 11.9 Å². The molecule has 20 heavy (non-hydrogen) atoms. The molecule has 0 saturated carbocycles. The van der Waals surface area contributed by atoms with Crippen LogP contribution in [0.25, 0.3) is 0 Å². The fraction of sp³-hybridized carbons (Fsp3) is 0.429. The number of carboxylic acid groups (broad SMARTS) is 1. The van der Waals surface area contributed by atoms with Crippen LogP contribution >= 0.6 is 0 Å². The molecule has 0 spiro atoms. The molecule has 1 atom stereocenters. The van der Waals surface area contributed by atoms with Gasteiger partial charge in [-0.1, -0.05) is 30.3 Å². The lowest BCUT2D eigenvalue weighted by Gasteiger charge is -2.27. The van der Waals surface area contributed by atoms with Crippen molar-refractivity contribution in [3.05, 3.63) is 35.9 Å². The number of carbonyl (C=O) groups excluding carboxylic acids is 1. The molecule has 1 aliphatic heterocycles. The summed E-state index contributed by atoms with van der Waals surface area (Å²) >= 11 is 0. The Labute approximate surface area is 117 Å². The number of piperazine rings is 1. The fourth-order valence-electron chi connectivity index (χ4n) is 2.21. The molecule has 2 rings (SSSR count). The molecule has 1 aromatic rings. The molecular weight excluding hydrogens is 258 g/mol. The molecule has 0 bridgehead atoms. The number of benzene rings is 1. The number of hydrogen-bond acceptors (Lipinski definition) is 4. The monoisotopic (exact) mass is 277 g/mol. The van der Waals surface area contributed by atoms with E-state index < -0.39 is 12.0 Å². The maximum atomic E-state index is 12.0. The number of amides is 1. The van der Waals surface area contributed by atoms with Gasteiger partial charge < -0.3 is 15.7 Å². The topological polar surface area (TPSA) is 81.7 Å². The lowest BCUT2D eigenvalue weighted by atomic mass is 10.1. The Balaban J connectivity index is 1.94. The minimum atomic E-state index is -1.05. The largest absolute Gasteiger partial charge is 0.479 e. The van der Waals surface area contributed by atoms with E-state index in [4.69, 9.17) is 0 Å². The molecule has 0 aliphatic carbocycles. The van der Waals surface area contributed by atoms with E-state index in [2.05, 4.69) is 10.6 Å². The summed E-state index contributed by atoms with van der Waals surface area (Å²) in [5.41, 5.74) is 0.577. The van der Waals surface area contributed by atoms with Gasteiger partial charge in [-0.3, -0.25) is 9.69 Å². The summed E-state index contributed by atoms with van der Waals surface area (Å²) in [6.45, 7) is 3.55. The second kappa shape index (κ2) is 7.02.